The molecule has 0 saturated heterocycles. The average Bonchev–Trinajstić information content (AvgIpc) is 2.15. The first kappa shape index (κ1) is 9.67. The predicted molar refractivity (Wildman–Crippen MR) is 48.3 cm³/mol. The van der Waals surface area contributed by atoms with Gasteiger partial charge in [-0.05, 0) is 18.6 Å². The lowest BCUT2D eigenvalue weighted by atomic mass is 10.1. The molecule has 1 rings (SSSR count). The van der Waals surface area contributed by atoms with E-state index in [1.807, 2.05) is 19.1 Å². The Balaban J connectivity index is 2.49. The van der Waals surface area contributed by atoms with Crippen molar-refractivity contribution in [3.05, 3.63) is 30.1 Å². The number of pyridine rings is 1. The molecule has 0 spiro atoms. The highest BCUT2D eigenvalue weighted by Gasteiger charge is 2.05. The quantitative estimate of drug-likeness (QED) is 0.720. The third-order valence-electron chi connectivity index (χ3n) is 1.74. The number of carboxylic acid groups (broad SMARTS) is 1. The minimum atomic E-state index is -0.851. The Hall–Kier alpha value is -1.42. The van der Waals surface area contributed by atoms with E-state index in [-0.39, 0.29) is 12.6 Å². The molecule has 1 atom stereocenters. The summed E-state index contributed by atoms with van der Waals surface area (Å²) >= 11 is 0. The minimum absolute atomic E-state index is 0.0183. The Morgan fingerprint density at radius 3 is 3.08 bits per heavy atom. The van der Waals surface area contributed by atoms with Gasteiger partial charge in [0.15, 0.2) is 0 Å². The minimum Gasteiger partial charge on any atom is -0.480 e. The van der Waals surface area contributed by atoms with Gasteiger partial charge in [0.2, 0.25) is 0 Å². The molecular weight excluding hydrogens is 168 g/mol. The molecule has 1 aromatic rings. The van der Waals surface area contributed by atoms with E-state index in [0.29, 0.717) is 0 Å². The molecule has 0 aliphatic heterocycles. The Morgan fingerprint density at radius 1 is 1.77 bits per heavy atom. The zero-order valence-corrected chi connectivity index (χ0v) is 7.40. The molecule has 1 heterocycles. The second-order valence-electron chi connectivity index (χ2n) is 2.78. The van der Waals surface area contributed by atoms with Gasteiger partial charge in [0.05, 0.1) is 6.54 Å². The third kappa shape index (κ3) is 3.21. The average molecular weight is 180 g/mol. The number of aromatic nitrogens is 1. The van der Waals surface area contributed by atoms with Gasteiger partial charge >= 0.3 is 5.97 Å². The summed E-state index contributed by atoms with van der Waals surface area (Å²) in [6.45, 7) is 1.87. The molecule has 13 heavy (non-hydrogen) atoms. The van der Waals surface area contributed by atoms with E-state index in [9.17, 15) is 4.79 Å². The number of hydrogen-bond donors (Lipinski definition) is 2. The third-order valence-corrected chi connectivity index (χ3v) is 1.74. The summed E-state index contributed by atoms with van der Waals surface area (Å²) in [6.07, 6.45) is 3.41. The molecule has 0 aliphatic carbocycles. The van der Waals surface area contributed by atoms with E-state index < -0.39 is 5.97 Å². The summed E-state index contributed by atoms with van der Waals surface area (Å²) in [6, 6.07) is 3.76. The summed E-state index contributed by atoms with van der Waals surface area (Å²) < 4.78 is 0. The summed E-state index contributed by atoms with van der Waals surface area (Å²) in [5.74, 6) is -0.851. The van der Waals surface area contributed by atoms with E-state index in [2.05, 4.69) is 10.3 Å². The second-order valence-corrected chi connectivity index (χ2v) is 2.78. The zero-order chi connectivity index (χ0) is 9.68. The van der Waals surface area contributed by atoms with Crippen molar-refractivity contribution >= 4 is 5.97 Å². The number of nitrogens with one attached hydrogen (secondary N) is 1. The number of nitrogens with zero attached hydrogens (tertiary/aromatic N) is 1. The van der Waals surface area contributed by atoms with Crippen LogP contribution >= 0.6 is 0 Å². The molecule has 1 aromatic heterocycles. The number of aliphatic carboxylic acids is 1. The largest absolute Gasteiger partial charge is 0.480 e. The number of rotatable bonds is 4. The maximum absolute atomic E-state index is 10.3. The smallest absolute Gasteiger partial charge is 0.317 e. The van der Waals surface area contributed by atoms with E-state index in [1.165, 1.54) is 0 Å². The molecular formula is C9H12N2O2. The molecule has 0 bridgehead atoms. The van der Waals surface area contributed by atoms with Crippen molar-refractivity contribution in [1.82, 2.24) is 10.3 Å². The van der Waals surface area contributed by atoms with Gasteiger partial charge in [-0.2, -0.15) is 0 Å². The Labute approximate surface area is 76.6 Å². The van der Waals surface area contributed by atoms with Crippen molar-refractivity contribution in [2.75, 3.05) is 6.54 Å². The van der Waals surface area contributed by atoms with Crippen LogP contribution in [0.1, 0.15) is 18.5 Å². The van der Waals surface area contributed by atoms with Crippen LogP contribution in [0, 0.1) is 0 Å². The Morgan fingerprint density at radius 2 is 2.54 bits per heavy atom. The molecule has 4 heteroatoms. The normalized spacial score (nSPS) is 12.4. The SMILES string of the molecule is CC(NCC(=O)O)c1cccnc1. The molecule has 0 aromatic carbocycles. The molecule has 4 nitrogen and oxygen atoms in total. The Kier molecular flexibility index (Phi) is 3.40. The first-order valence-corrected chi connectivity index (χ1v) is 4.05. The van der Waals surface area contributed by atoms with Crippen LogP contribution in [0.25, 0.3) is 0 Å². The lowest BCUT2D eigenvalue weighted by Gasteiger charge is -2.11. The Bertz CT molecular complexity index is 274. The predicted octanol–water partition coefficient (Wildman–Crippen LogP) is 0.817. The van der Waals surface area contributed by atoms with Crippen LogP contribution in [-0.2, 0) is 4.79 Å². The summed E-state index contributed by atoms with van der Waals surface area (Å²) in [5.41, 5.74) is 0.990. The number of carbonyl (C=O) groups is 1. The van der Waals surface area contributed by atoms with Crippen molar-refractivity contribution in [2.24, 2.45) is 0 Å². The molecule has 2 N–H and O–H groups in total. The topological polar surface area (TPSA) is 62.2 Å². The molecule has 0 saturated carbocycles. The molecule has 0 amide bonds. The van der Waals surface area contributed by atoms with Crippen molar-refractivity contribution in [3.8, 4) is 0 Å². The second kappa shape index (κ2) is 4.57. The highest BCUT2D eigenvalue weighted by Crippen LogP contribution is 2.08. The fourth-order valence-corrected chi connectivity index (χ4v) is 0.990. The molecule has 0 aliphatic rings. The van der Waals surface area contributed by atoms with Crippen LogP contribution < -0.4 is 5.32 Å². The maximum Gasteiger partial charge on any atom is 0.317 e. The molecule has 70 valence electrons. The van der Waals surface area contributed by atoms with Gasteiger partial charge in [-0.3, -0.25) is 9.78 Å². The van der Waals surface area contributed by atoms with Crippen molar-refractivity contribution in [3.63, 3.8) is 0 Å². The van der Waals surface area contributed by atoms with Crippen molar-refractivity contribution in [2.45, 2.75) is 13.0 Å². The summed E-state index contributed by atoms with van der Waals surface area (Å²) in [5, 5.41) is 11.3. The first-order valence-electron chi connectivity index (χ1n) is 4.05. The van der Waals surface area contributed by atoms with E-state index in [1.54, 1.807) is 12.4 Å². The zero-order valence-electron chi connectivity index (χ0n) is 7.40. The monoisotopic (exact) mass is 180 g/mol. The van der Waals surface area contributed by atoms with Crippen molar-refractivity contribution < 1.29 is 9.90 Å². The van der Waals surface area contributed by atoms with Crippen LogP contribution in [0.2, 0.25) is 0 Å². The van der Waals surface area contributed by atoms with Crippen LogP contribution in [0.4, 0.5) is 0 Å². The van der Waals surface area contributed by atoms with Crippen LogP contribution in [-0.4, -0.2) is 22.6 Å². The fraction of sp³-hybridized carbons (Fsp3) is 0.333. The van der Waals surface area contributed by atoms with Gasteiger partial charge in [0.25, 0.3) is 0 Å². The molecule has 1 unspecified atom stereocenters. The van der Waals surface area contributed by atoms with Crippen LogP contribution in [0.5, 0.6) is 0 Å². The fourth-order valence-electron chi connectivity index (χ4n) is 0.990. The van der Waals surface area contributed by atoms with Crippen LogP contribution in [0.3, 0.4) is 0 Å². The molecule has 0 fully saturated rings. The van der Waals surface area contributed by atoms with Gasteiger partial charge in [0.1, 0.15) is 0 Å². The maximum atomic E-state index is 10.3. The van der Waals surface area contributed by atoms with Crippen molar-refractivity contribution in [1.29, 1.82) is 0 Å². The van der Waals surface area contributed by atoms with Gasteiger partial charge in [-0.1, -0.05) is 6.07 Å². The first-order chi connectivity index (χ1) is 6.20. The highest BCUT2D eigenvalue weighted by atomic mass is 16.4. The molecule has 0 radical (unpaired) electrons. The van der Waals surface area contributed by atoms with Gasteiger partial charge in [-0.15, -0.1) is 0 Å². The standard InChI is InChI=1S/C9H12N2O2/c1-7(11-6-9(12)13)8-3-2-4-10-5-8/h2-5,7,11H,6H2,1H3,(H,12,13). The number of carboxylic acids is 1. The lowest BCUT2D eigenvalue weighted by Crippen LogP contribution is -2.25. The highest BCUT2D eigenvalue weighted by molar-refractivity contribution is 5.69. The van der Waals surface area contributed by atoms with Crippen LogP contribution in [0.15, 0.2) is 24.5 Å². The number of hydrogen-bond acceptors (Lipinski definition) is 3. The van der Waals surface area contributed by atoms with E-state index >= 15 is 0 Å². The van der Waals surface area contributed by atoms with Gasteiger partial charge in [0, 0.05) is 18.4 Å². The van der Waals surface area contributed by atoms with Gasteiger partial charge in [-0.25, -0.2) is 0 Å². The van der Waals surface area contributed by atoms with E-state index in [4.69, 9.17) is 5.11 Å². The lowest BCUT2D eigenvalue weighted by molar-refractivity contribution is -0.136. The van der Waals surface area contributed by atoms with E-state index in [0.717, 1.165) is 5.56 Å². The van der Waals surface area contributed by atoms with Gasteiger partial charge < -0.3 is 10.4 Å². The summed E-state index contributed by atoms with van der Waals surface area (Å²) in [7, 11) is 0. The summed E-state index contributed by atoms with van der Waals surface area (Å²) in [4.78, 5) is 14.2.